The maximum atomic E-state index is 9.84. The molecule has 0 bridgehead atoms. The van der Waals surface area contributed by atoms with Crippen LogP contribution in [0.15, 0.2) is 36.5 Å². The fourth-order valence-electron chi connectivity index (χ4n) is 5.64. The highest BCUT2D eigenvalue weighted by atomic mass is 35.5. The number of ether oxygens (including phenoxy) is 1. The molecule has 0 amide bonds. The molecule has 3 N–H and O–H groups in total. The minimum Gasteiger partial charge on any atom is -0.392 e. The van der Waals surface area contributed by atoms with Gasteiger partial charge in [-0.2, -0.15) is 0 Å². The average Bonchev–Trinajstić information content (AvgIpc) is 3.31. The zero-order valence-corrected chi connectivity index (χ0v) is 20.6. The third kappa shape index (κ3) is 6.03. The van der Waals surface area contributed by atoms with E-state index in [0.29, 0.717) is 23.0 Å². The predicted octanol–water partition coefficient (Wildman–Crippen LogP) is 5.03. The first kappa shape index (κ1) is 23.9. The molecule has 0 unspecified atom stereocenters. The number of halogens is 1. The Morgan fingerprint density at radius 3 is 2.65 bits per heavy atom. The number of hydrogen-bond acceptors (Lipinski definition) is 6. The smallest absolute Gasteiger partial charge is 0.126 e. The summed E-state index contributed by atoms with van der Waals surface area (Å²) in [6.45, 7) is 4.60. The first-order valence-electron chi connectivity index (χ1n) is 12.9. The summed E-state index contributed by atoms with van der Waals surface area (Å²) in [7, 11) is 0. The van der Waals surface area contributed by atoms with Crippen molar-refractivity contribution in [2.75, 3.05) is 43.5 Å². The van der Waals surface area contributed by atoms with Crippen LogP contribution in [0.5, 0.6) is 0 Å². The molecule has 1 aliphatic carbocycles. The van der Waals surface area contributed by atoms with E-state index in [4.69, 9.17) is 16.3 Å². The molecule has 1 aromatic carbocycles. The lowest BCUT2D eigenvalue weighted by Gasteiger charge is -2.35. The van der Waals surface area contributed by atoms with Crippen molar-refractivity contribution in [3.05, 3.63) is 41.6 Å². The molecular formula is C27H37ClN4O2. The van der Waals surface area contributed by atoms with Crippen molar-refractivity contribution in [2.24, 2.45) is 5.92 Å². The molecule has 2 aromatic rings. The topological polar surface area (TPSA) is 69.7 Å². The van der Waals surface area contributed by atoms with Crippen molar-refractivity contribution >= 4 is 23.1 Å². The zero-order valence-electron chi connectivity index (χ0n) is 19.9. The number of nitrogens with one attached hydrogen (secondary N) is 2. The predicted molar refractivity (Wildman–Crippen MR) is 139 cm³/mol. The largest absolute Gasteiger partial charge is 0.392 e. The molecule has 3 heterocycles. The Kier molecular flexibility index (Phi) is 7.90. The van der Waals surface area contributed by atoms with E-state index in [1.807, 2.05) is 0 Å². The van der Waals surface area contributed by atoms with Crippen LogP contribution in [0.2, 0.25) is 5.02 Å². The van der Waals surface area contributed by atoms with E-state index < -0.39 is 0 Å². The normalized spacial score (nSPS) is 26.5. The number of aliphatic hydroxyl groups excluding tert-OH is 1. The third-order valence-electron chi connectivity index (χ3n) is 7.72. The highest BCUT2D eigenvalue weighted by Crippen LogP contribution is 2.33. The number of likely N-dealkylation sites (tertiary alicyclic amines) is 1. The maximum absolute atomic E-state index is 9.84. The number of pyridine rings is 1. The standard InChI is InChI=1S/C27H37ClN4O2/c28-26-17-30-27(31-21-4-6-23(7-5-21)32-11-8-24(33)18-32)15-25(26)20-2-1-3-22(14-20)29-16-19-9-12-34-13-10-19/h1-3,14-15,17,19,21,23-24,29,33H,4-13,16,18H2,(H,30,31)/t21-,23-,24-/m1/s1. The molecule has 6 nitrogen and oxygen atoms in total. The molecule has 5 rings (SSSR count). The summed E-state index contributed by atoms with van der Waals surface area (Å²) in [5.41, 5.74) is 3.23. The molecule has 0 spiro atoms. The minimum absolute atomic E-state index is 0.136. The molecular weight excluding hydrogens is 448 g/mol. The second-order valence-corrected chi connectivity index (χ2v) is 10.6. The molecule has 3 fully saturated rings. The van der Waals surface area contributed by atoms with Crippen LogP contribution >= 0.6 is 11.6 Å². The molecule has 1 saturated carbocycles. The van der Waals surface area contributed by atoms with Crippen molar-refractivity contribution in [1.82, 2.24) is 9.88 Å². The van der Waals surface area contributed by atoms with E-state index >= 15 is 0 Å². The number of benzene rings is 1. The Morgan fingerprint density at radius 2 is 1.88 bits per heavy atom. The fraction of sp³-hybridized carbons (Fsp3) is 0.593. The minimum atomic E-state index is -0.136. The third-order valence-corrected chi connectivity index (χ3v) is 8.03. The van der Waals surface area contributed by atoms with Gasteiger partial charge in [-0.05, 0) is 74.6 Å². The summed E-state index contributed by atoms with van der Waals surface area (Å²) in [5, 5.41) is 17.8. The average molecular weight is 485 g/mol. The van der Waals surface area contributed by atoms with Gasteiger partial charge in [-0.1, -0.05) is 23.7 Å². The Labute approximate surface area is 208 Å². The van der Waals surface area contributed by atoms with Crippen LogP contribution in [0.1, 0.15) is 44.9 Å². The first-order valence-corrected chi connectivity index (χ1v) is 13.3. The molecule has 34 heavy (non-hydrogen) atoms. The summed E-state index contributed by atoms with van der Waals surface area (Å²) in [6, 6.07) is 11.6. The molecule has 1 atom stereocenters. The highest BCUT2D eigenvalue weighted by molar-refractivity contribution is 6.33. The highest BCUT2D eigenvalue weighted by Gasteiger charge is 2.30. The van der Waals surface area contributed by atoms with E-state index in [1.165, 1.54) is 12.8 Å². The van der Waals surface area contributed by atoms with Crippen molar-refractivity contribution < 1.29 is 9.84 Å². The Balaban J connectivity index is 1.19. The summed E-state index contributed by atoms with van der Waals surface area (Å²) < 4.78 is 5.47. The van der Waals surface area contributed by atoms with Crippen LogP contribution in [-0.2, 0) is 4.74 Å². The van der Waals surface area contributed by atoms with Crippen LogP contribution in [0.3, 0.4) is 0 Å². The van der Waals surface area contributed by atoms with Crippen molar-refractivity contribution in [3.8, 4) is 11.1 Å². The van der Waals surface area contributed by atoms with Crippen molar-refractivity contribution in [1.29, 1.82) is 0 Å². The molecule has 2 saturated heterocycles. The van der Waals surface area contributed by atoms with E-state index in [0.717, 1.165) is 87.6 Å². The lowest BCUT2D eigenvalue weighted by Crippen LogP contribution is -2.39. The van der Waals surface area contributed by atoms with Gasteiger partial charge < -0.3 is 20.5 Å². The molecule has 1 aromatic heterocycles. The van der Waals surface area contributed by atoms with E-state index in [9.17, 15) is 5.11 Å². The van der Waals surface area contributed by atoms with E-state index in [-0.39, 0.29) is 6.10 Å². The number of aromatic nitrogens is 1. The number of β-amino-alcohol motifs (C(OH)–C–C–N with tert-alkyl or cyclic N) is 1. The summed E-state index contributed by atoms with van der Waals surface area (Å²) in [6.07, 6.45) is 9.39. The lowest BCUT2D eigenvalue weighted by atomic mass is 9.90. The Bertz CT molecular complexity index is 944. The van der Waals surface area contributed by atoms with Crippen LogP contribution in [0.4, 0.5) is 11.5 Å². The van der Waals surface area contributed by atoms with Gasteiger partial charge in [0.25, 0.3) is 0 Å². The quantitative estimate of drug-likeness (QED) is 0.512. The number of anilines is 2. The van der Waals surface area contributed by atoms with Gasteiger partial charge in [0.2, 0.25) is 0 Å². The zero-order chi connectivity index (χ0) is 23.3. The van der Waals surface area contributed by atoms with Crippen LogP contribution in [-0.4, -0.2) is 66.0 Å². The molecule has 184 valence electrons. The first-order chi connectivity index (χ1) is 16.6. The van der Waals surface area contributed by atoms with Crippen molar-refractivity contribution in [2.45, 2.75) is 63.1 Å². The lowest BCUT2D eigenvalue weighted by molar-refractivity contribution is 0.0699. The summed E-state index contributed by atoms with van der Waals surface area (Å²) >= 11 is 6.58. The van der Waals surface area contributed by atoms with Gasteiger partial charge in [0.15, 0.2) is 0 Å². The number of aliphatic hydroxyl groups is 1. The SMILES string of the molecule is O[C@@H]1CCN([C@H]2CC[C@H](Nc3cc(-c4cccc(NCC5CCOCC5)c4)c(Cl)cn3)CC2)C1. The molecule has 2 aliphatic heterocycles. The van der Waals surface area contributed by atoms with Gasteiger partial charge in [-0.15, -0.1) is 0 Å². The van der Waals surface area contributed by atoms with Gasteiger partial charge in [0, 0.05) is 62.4 Å². The Morgan fingerprint density at radius 1 is 1.06 bits per heavy atom. The number of hydrogen-bond donors (Lipinski definition) is 3. The Hall–Kier alpha value is -1.86. The van der Waals surface area contributed by atoms with Crippen LogP contribution in [0, 0.1) is 5.92 Å². The molecule has 3 aliphatic rings. The maximum Gasteiger partial charge on any atom is 0.126 e. The number of rotatable bonds is 7. The van der Waals surface area contributed by atoms with Gasteiger partial charge in [-0.25, -0.2) is 4.98 Å². The second kappa shape index (κ2) is 11.3. The van der Waals surface area contributed by atoms with Crippen molar-refractivity contribution in [3.63, 3.8) is 0 Å². The summed E-state index contributed by atoms with van der Waals surface area (Å²) in [4.78, 5) is 7.05. The molecule has 7 heteroatoms. The van der Waals surface area contributed by atoms with E-state index in [1.54, 1.807) is 6.20 Å². The van der Waals surface area contributed by atoms with Crippen LogP contribution < -0.4 is 10.6 Å². The van der Waals surface area contributed by atoms with Gasteiger partial charge in [-0.3, -0.25) is 4.90 Å². The monoisotopic (exact) mass is 484 g/mol. The van der Waals surface area contributed by atoms with Gasteiger partial charge in [0.05, 0.1) is 11.1 Å². The van der Waals surface area contributed by atoms with Crippen LogP contribution in [0.25, 0.3) is 11.1 Å². The van der Waals surface area contributed by atoms with E-state index in [2.05, 4.69) is 50.8 Å². The van der Waals surface area contributed by atoms with Gasteiger partial charge >= 0.3 is 0 Å². The summed E-state index contributed by atoms with van der Waals surface area (Å²) in [5.74, 6) is 1.56. The fourth-order valence-corrected chi connectivity index (χ4v) is 5.85. The second-order valence-electron chi connectivity index (χ2n) is 10.2. The molecule has 0 radical (unpaired) electrons. The number of nitrogens with zero attached hydrogens (tertiary/aromatic N) is 2. The van der Waals surface area contributed by atoms with Gasteiger partial charge in [0.1, 0.15) is 5.82 Å².